The van der Waals surface area contributed by atoms with Crippen LogP contribution in [-0.4, -0.2) is 16.1 Å². The van der Waals surface area contributed by atoms with Crippen LogP contribution in [-0.2, 0) is 0 Å². The number of aromatic nitrogens is 2. The molecule has 0 fully saturated rings. The molecular weight excluding hydrogens is 252 g/mol. The number of hydrogen-bond donors (Lipinski definition) is 3. The Kier molecular flexibility index (Phi) is 3.79. The lowest BCUT2D eigenvalue weighted by Crippen LogP contribution is -2.28. The number of nitrogen functional groups attached to an aromatic ring is 1. The maximum Gasteiger partial charge on any atom is 0.274 e. The zero-order chi connectivity index (χ0) is 14.9. The molecule has 20 heavy (non-hydrogen) atoms. The van der Waals surface area contributed by atoms with Crippen molar-refractivity contribution >= 4 is 11.6 Å². The normalized spacial score (nSPS) is 12.2. The monoisotopic (exact) mass is 272 g/mol. The molecule has 5 nitrogen and oxygen atoms in total. The lowest BCUT2D eigenvalue weighted by atomic mass is 10.0. The molecule has 1 atom stereocenters. The minimum absolute atomic E-state index is 0.0977. The molecule has 0 saturated heterocycles. The topological polar surface area (TPSA) is 83.8 Å². The minimum Gasteiger partial charge on any atom is -0.395 e. The first-order valence-corrected chi connectivity index (χ1v) is 6.58. The van der Waals surface area contributed by atoms with Gasteiger partial charge in [0.15, 0.2) is 5.69 Å². The fourth-order valence-corrected chi connectivity index (χ4v) is 2.27. The molecule has 0 aliphatic heterocycles. The smallest absolute Gasteiger partial charge is 0.274 e. The van der Waals surface area contributed by atoms with Crippen LogP contribution in [0.3, 0.4) is 0 Å². The van der Waals surface area contributed by atoms with Crippen LogP contribution >= 0.6 is 0 Å². The third-order valence-corrected chi connectivity index (χ3v) is 3.45. The maximum atomic E-state index is 12.2. The molecule has 4 N–H and O–H groups in total. The van der Waals surface area contributed by atoms with E-state index in [4.69, 9.17) is 5.73 Å². The Morgan fingerprint density at radius 2 is 2.05 bits per heavy atom. The zero-order valence-electron chi connectivity index (χ0n) is 12.2. The van der Waals surface area contributed by atoms with Gasteiger partial charge in [-0.1, -0.05) is 23.8 Å². The SMILES string of the molecule is Cc1ccc(C(C)NC(=O)c2n[nH]c(C)c2N)c(C)c1. The number of aromatic amines is 1. The molecule has 1 amide bonds. The highest BCUT2D eigenvalue weighted by atomic mass is 16.2. The number of hydrogen-bond acceptors (Lipinski definition) is 3. The number of nitrogens with one attached hydrogen (secondary N) is 2. The van der Waals surface area contributed by atoms with Gasteiger partial charge in [-0.15, -0.1) is 0 Å². The molecule has 1 aromatic carbocycles. The van der Waals surface area contributed by atoms with Gasteiger partial charge in [0, 0.05) is 0 Å². The van der Waals surface area contributed by atoms with Crippen LogP contribution in [0.1, 0.15) is 45.8 Å². The molecule has 0 spiro atoms. The highest BCUT2D eigenvalue weighted by molar-refractivity contribution is 5.97. The van der Waals surface area contributed by atoms with Crippen molar-refractivity contribution in [3.05, 3.63) is 46.3 Å². The van der Waals surface area contributed by atoms with Crippen LogP contribution in [0.2, 0.25) is 0 Å². The van der Waals surface area contributed by atoms with Crippen molar-refractivity contribution in [2.75, 3.05) is 5.73 Å². The number of aryl methyl sites for hydroxylation is 3. The molecule has 1 aromatic heterocycles. The van der Waals surface area contributed by atoms with E-state index in [2.05, 4.69) is 21.6 Å². The van der Waals surface area contributed by atoms with E-state index in [1.165, 1.54) is 5.56 Å². The predicted molar refractivity (Wildman–Crippen MR) is 79.5 cm³/mol. The fourth-order valence-electron chi connectivity index (χ4n) is 2.27. The van der Waals surface area contributed by atoms with Crippen LogP contribution in [0.15, 0.2) is 18.2 Å². The van der Waals surface area contributed by atoms with Crippen molar-refractivity contribution < 1.29 is 4.79 Å². The van der Waals surface area contributed by atoms with Gasteiger partial charge in [0.05, 0.1) is 17.4 Å². The number of amides is 1. The number of nitrogens with zero attached hydrogens (tertiary/aromatic N) is 1. The number of anilines is 1. The summed E-state index contributed by atoms with van der Waals surface area (Å²) in [5.41, 5.74) is 10.6. The van der Waals surface area contributed by atoms with Crippen LogP contribution in [0, 0.1) is 20.8 Å². The van der Waals surface area contributed by atoms with Crippen molar-refractivity contribution in [1.82, 2.24) is 15.5 Å². The van der Waals surface area contributed by atoms with E-state index in [1.54, 1.807) is 6.92 Å². The number of carbonyl (C=O) groups is 1. The lowest BCUT2D eigenvalue weighted by Gasteiger charge is -2.16. The van der Waals surface area contributed by atoms with E-state index in [9.17, 15) is 4.79 Å². The second-order valence-corrected chi connectivity index (χ2v) is 5.17. The van der Waals surface area contributed by atoms with Crippen molar-refractivity contribution in [1.29, 1.82) is 0 Å². The van der Waals surface area contributed by atoms with E-state index in [0.717, 1.165) is 11.1 Å². The third kappa shape index (κ3) is 2.66. The summed E-state index contributed by atoms with van der Waals surface area (Å²) in [4.78, 5) is 12.2. The van der Waals surface area contributed by atoms with E-state index >= 15 is 0 Å². The first-order chi connectivity index (χ1) is 9.40. The molecule has 2 aromatic rings. The van der Waals surface area contributed by atoms with Gasteiger partial charge in [0.2, 0.25) is 0 Å². The fraction of sp³-hybridized carbons (Fsp3) is 0.333. The number of H-pyrrole nitrogens is 1. The number of rotatable bonds is 3. The van der Waals surface area contributed by atoms with Gasteiger partial charge in [-0.25, -0.2) is 0 Å². The Hall–Kier alpha value is -2.30. The highest BCUT2D eigenvalue weighted by Crippen LogP contribution is 2.20. The Labute approximate surface area is 118 Å². The van der Waals surface area contributed by atoms with E-state index < -0.39 is 0 Å². The van der Waals surface area contributed by atoms with Gasteiger partial charge in [0.1, 0.15) is 0 Å². The van der Waals surface area contributed by atoms with Crippen molar-refractivity contribution in [3.63, 3.8) is 0 Å². The average molecular weight is 272 g/mol. The van der Waals surface area contributed by atoms with Crippen LogP contribution in [0.4, 0.5) is 5.69 Å². The Balaban J connectivity index is 2.17. The van der Waals surface area contributed by atoms with Crippen LogP contribution in [0.25, 0.3) is 0 Å². The van der Waals surface area contributed by atoms with Gasteiger partial charge in [-0.3, -0.25) is 9.89 Å². The molecule has 0 radical (unpaired) electrons. The first-order valence-electron chi connectivity index (χ1n) is 6.58. The Bertz CT molecular complexity index is 645. The molecule has 1 unspecified atom stereocenters. The number of nitrogens with two attached hydrogens (primary N) is 1. The Morgan fingerprint density at radius 1 is 1.35 bits per heavy atom. The van der Waals surface area contributed by atoms with Crippen LogP contribution < -0.4 is 11.1 Å². The summed E-state index contributed by atoms with van der Waals surface area (Å²) in [7, 11) is 0. The number of carbonyl (C=O) groups excluding carboxylic acids is 1. The Morgan fingerprint density at radius 3 is 2.60 bits per heavy atom. The molecule has 0 aliphatic carbocycles. The van der Waals surface area contributed by atoms with Crippen molar-refractivity contribution in [2.24, 2.45) is 0 Å². The summed E-state index contributed by atoms with van der Waals surface area (Å²) in [6.45, 7) is 7.82. The van der Waals surface area contributed by atoms with Gasteiger partial charge in [-0.2, -0.15) is 5.10 Å². The zero-order valence-corrected chi connectivity index (χ0v) is 12.2. The van der Waals surface area contributed by atoms with Gasteiger partial charge in [-0.05, 0) is 38.8 Å². The molecular formula is C15H20N4O. The summed E-state index contributed by atoms with van der Waals surface area (Å²) in [5, 5.41) is 9.58. The standard InChI is InChI=1S/C15H20N4O/c1-8-5-6-12(9(2)7-8)10(3)17-15(20)14-13(16)11(4)18-19-14/h5-7,10H,16H2,1-4H3,(H,17,20)(H,18,19). The van der Waals surface area contributed by atoms with Gasteiger partial charge < -0.3 is 11.1 Å². The van der Waals surface area contributed by atoms with Gasteiger partial charge >= 0.3 is 0 Å². The second-order valence-electron chi connectivity index (χ2n) is 5.17. The van der Waals surface area contributed by atoms with E-state index in [1.807, 2.05) is 32.9 Å². The average Bonchev–Trinajstić information content (AvgIpc) is 2.69. The lowest BCUT2D eigenvalue weighted by molar-refractivity contribution is 0.0935. The van der Waals surface area contributed by atoms with E-state index in [-0.39, 0.29) is 17.6 Å². The van der Waals surface area contributed by atoms with Crippen molar-refractivity contribution in [2.45, 2.75) is 33.7 Å². The number of benzene rings is 1. The molecule has 2 rings (SSSR count). The molecule has 0 saturated carbocycles. The molecule has 5 heteroatoms. The largest absolute Gasteiger partial charge is 0.395 e. The maximum absolute atomic E-state index is 12.2. The summed E-state index contributed by atoms with van der Waals surface area (Å²) < 4.78 is 0. The minimum atomic E-state index is -0.265. The first kappa shape index (κ1) is 14.1. The van der Waals surface area contributed by atoms with Gasteiger partial charge in [0.25, 0.3) is 5.91 Å². The second kappa shape index (κ2) is 5.36. The molecule has 106 valence electrons. The van der Waals surface area contributed by atoms with Crippen molar-refractivity contribution in [3.8, 4) is 0 Å². The highest BCUT2D eigenvalue weighted by Gasteiger charge is 2.18. The summed E-state index contributed by atoms with van der Waals surface area (Å²) in [5.74, 6) is -0.265. The predicted octanol–water partition coefficient (Wildman–Crippen LogP) is 2.41. The summed E-state index contributed by atoms with van der Waals surface area (Å²) >= 11 is 0. The third-order valence-electron chi connectivity index (χ3n) is 3.45. The van der Waals surface area contributed by atoms with Crippen LogP contribution in [0.5, 0.6) is 0 Å². The summed E-state index contributed by atoms with van der Waals surface area (Å²) in [6, 6.07) is 6.08. The summed E-state index contributed by atoms with van der Waals surface area (Å²) in [6.07, 6.45) is 0. The van der Waals surface area contributed by atoms with E-state index in [0.29, 0.717) is 11.4 Å². The molecule has 1 heterocycles. The quantitative estimate of drug-likeness (QED) is 0.802. The molecule has 0 aliphatic rings. The molecule has 0 bridgehead atoms.